The third kappa shape index (κ3) is 3.48. The van der Waals surface area contributed by atoms with Crippen molar-refractivity contribution < 1.29 is 23.5 Å². The van der Waals surface area contributed by atoms with Crippen LogP contribution in [0, 0.1) is 20.8 Å². The first-order valence-electron chi connectivity index (χ1n) is 8.29. The van der Waals surface area contributed by atoms with Crippen molar-refractivity contribution in [3.8, 4) is 5.75 Å². The predicted octanol–water partition coefficient (Wildman–Crippen LogP) is 3.09. The molecule has 0 aliphatic heterocycles. The number of ether oxygens (including phenoxy) is 2. The Kier molecular flexibility index (Phi) is 4.85. The van der Waals surface area contributed by atoms with E-state index in [9.17, 15) is 14.4 Å². The zero-order valence-electron chi connectivity index (χ0n) is 15.5. The van der Waals surface area contributed by atoms with Crippen LogP contribution in [0.1, 0.15) is 37.7 Å². The number of aromatic amines is 1. The highest BCUT2D eigenvalue weighted by Crippen LogP contribution is 2.23. The van der Waals surface area contributed by atoms with Crippen LogP contribution in [0.3, 0.4) is 0 Å². The largest absolute Gasteiger partial charge is 0.485 e. The summed E-state index contributed by atoms with van der Waals surface area (Å²) in [6, 6.07) is 6.47. The van der Waals surface area contributed by atoms with E-state index in [2.05, 4.69) is 4.98 Å². The van der Waals surface area contributed by atoms with Gasteiger partial charge in [-0.05, 0) is 44.0 Å². The molecule has 2 heterocycles. The van der Waals surface area contributed by atoms with Gasteiger partial charge < -0.3 is 18.9 Å². The van der Waals surface area contributed by atoms with E-state index in [1.165, 1.54) is 13.2 Å². The number of H-pyrrole nitrogens is 1. The Balaban J connectivity index is 1.81. The highest BCUT2D eigenvalue weighted by molar-refractivity contribution is 6.02. The van der Waals surface area contributed by atoms with Crippen molar-refractivity contribution in [3.63, 3.8) is 0 Å². The number of Topliss-reactive ketones (excluding diaryl/α,β-unsaturated/α-hetero) is 1. The van der Waals surface area contributed by atoms with E-state index >= 15 is 0 Å². The van der Waals surface area contributed by atoms with Gasteiger partial charge in [-0.2, -0.15) is 0 Å². The van der Waals surface area contributed by atoms with E-state index in [4.69, 9.17) is 13.9 Å². The lowest BCUT2D eigenvalue weighted by Crippen LogP contribution is -2.13. The van der Waals surface area contributed by atoms with Gasteiger partial charge in [0, 0.05) is 23.2 Å². The first-order valence-corrected chi connectivity index (χ1v) is 8.29. The highest BCUT2D eigenvalue weighted by Gasteiger charge is 2.22. The number of aryl methyl sites for hydroxylation is 2. The van der Waals surface area contributed by atoms with Gasteiger partial charge in [-0.25, -0.2) is 9.59 Å². The van der Waals surface area contributed by atoms with Crippen LogP contribution in [0.2, 0.25) is 0 Å². The maximum atomic E-state index is 12.5. The fraction of sp³-hybridized carbons (Fsp3) is 0.250. The molecule has 0 aliphatic rings. The molecule has 0 atom stereocenters. The molecule has 140 valence electrons. The fourth-order valence-electron chi connectivity index (χ4n) is 3.05. The minimum atomic E-state index is -0.499. The summed E-state index contributed by atoms with van der Waals surface area (Å²) in [5.74, 6) is -0.406. The van der Waals surface area contributed by atoms with Crippen LogP contribution in [0.25, 0.3) is 11.0 Å². The summed E-state index contributed by atoms with van der Waals surface area (Å²) in [6.07, 6.45) is 0. The number of aromatic nitrogens is 1. The summed E-state index contributed by atoms with van der Waals surface area (Å²) in [7, 11) is 1.29. The van der Waals surface area contributed by atoms with Crippen molar-refractivity contribution >= 4 is 22.7 Å². The number of fused-ring (bicyclic) bond motifs is 1. The number of carbonyl (C=O) groups is 2. The average molecular weight is 369 g/mol. The molecule has 1 N–H and O–H groups in total. The second-order valence-corrected chi connectivity index (χ2v) is 6.23. The minimum Gasteiger partial charge on any atom is -0.485 e. The zero-order chi connectivity index (χ0) is 19.7. The van der Waals surface area contributed by atoms with Gasteiger partial charge in [0.15, 0.2) is 6.61 Å². The quantitative estimate of drug-likeness (QED) is 0.421. The lowest BCUT2D eigenvalue weighted by Gasteiger charge is -2.07. The normalized spacial score (nSPS) is 10.8. The van der Waals surface area contributed by atoms with Crippen molar-refractivity contribution in [1.82, 2.24) is 4.98 Å². The third-order valence-electron chi connectivity index (χ3n) is 4.40. The van der Waals surface area contributed by atoms with Crippen molar-refractivity contribution in [2.45, 2.75) is 20.8 Å². The molecule has 0 fully saturated rings. The number of rotatable bonds is 5. The van der Waals surface area contributed by atoms with Crippen LogP contribution in [-0.4, -0.2) is 30.5 Å². The summed E-state index contributed by atoms with van der Waals surface area (Å²) in [5, 5.41) is 0.798. The second-order valence-electron chi connectivity index (χ2n) is 6.23. The van der Waals surface area contributed by atoms with Gasteiger partial charge in [0.05, 0.1) is 18.4 Å². The van der Waals surface area contributed by atoms with Gasteiger partial charge >= 0.3 is 11.6 Å². The van der Waals surface area contributed by atoms with Crippen LogP contribution < -0.4 is 10.4 Å². The Labute approximate surface area is 154 Å². The molecule has 2 aromatic heterocycles. The fourth-order valence-corrected chi connectivity index (χ4v) is 3.05. The van der Waals surface area contributed by atoms with Crippen LogP contribution >= 0.6 is 0 Å². The molecule has 27 heavy (non-hydrogen) atoms. The molecule has 1 aromatic carbocycles. The van der Waals surface area contributed by atoms with E-state index in [-0.39, 0.29) is 12.4 Å². The van der Waals surface area contributed by atoms with Crippen LogP contribution in [0.4, 0.5) is 0 Å². The molecule has 3 rings (SSSR count). The standard InChI is InChI=1S/C20H19NO6/c1-10-7-17(23)27-16-8-13(5-6-14(10)16)26-9-15(22)19-11(2)18(12(3)21-19)20(24)25-4/h5-8,21H,9H2,1-4H3. The van der Waals surface area contributed by atoms with Crippen LogP contribution in [-0.2, 0) is 4.74 Å². The van der Waals surface area contributed by atoms with Gasteiger partial charge in [-0.15, -0.1) is 0 Å². The molecule has 0 aliphatic carbocycles. The first kappa shape index (κ1) is 18.4. The van der Waals surface area contributed by atoms with Crippen molar-refractivity contribution in [1.29, 1.82) is 0 Å². The van der Waals surface area contributed by atoms with Gasteiger partial charge in [0.2, 0.25) is 5.78 Å². The minimum absolute atomic E-state index is 0.233. The Bertz CT molecular complexity index is 1110. The molecular formula is C20H19NO6. The lowest BCUT2D eigenvalue weighted by atomic mass is 10.1. The maximum absolute atomic E-state index is 12.5. The molecule has 0 bridgehead atoms. The Morgan fingerprint density at radius 3 is 2.59 bits per heavy atom. The van der Waals surface area contributed by atoms with E-state index in [1.54, 1.807) is 32.0 Å². The number of benzene rings is 1. The molecule has 0 saturated carbocycles. The summed E-state index contributed by atoms with van der Waals surface area (Å²) in [6.45, 7) is 4.96. The summed E-state index contributed by atoms with van der Waals surface area (Å²) < 4.78 is 15.5. The van der Waals surface area contributed by atoms with Crippen molar-refractivity contribution in [2.75, 3.05) is 13.7 Å². The maximum Gasteiger partial charge on any atom is 0.339 e. The van der Waals surface area contributed by atoms with Crippen molar-refractivity contribution in [2.24, 2.45) is 0 Å². The van der Waals surface area contributed by atoms with E-state index in [1.807, 2.05) is 6.92 Å². The summed E-state index contributed by atoms with van der Waals surface area (Å²) in [5.41, 5.74) is 2.49. The van der Waals surface area contributed by atoms with Gasteiger partial charge in [0.25, 0.3) is 0 Å². The van der Waals surface area contributed by atoms with Crippen LogP contribution in [0.15, 0.2) is 33.5 Å². The molecular weight excluding hydrogens is 350 g/mol. The zero-order valence-corrected chi connectivity index (χ0v) is 15.5. The van der Waals surface area contributed by atoms with Gasteiger partial charge in [0.1, 0.15) is 11.3 Å². The Hall–Kier alpha value is -3.35. The molecule has 7 heteroatoms. The van der Waals surface area contributed by atoms with E-state index < -0.39 is 11.6 Å². The smallest absolute Gasteiger partial charge is 0.339 e. The topological polar surface area (TPSA) is 98.6 Å². The monoisotopic (exact) mass is 369 g/mol. The first-order chi connectivity index (χ1) is 12.8. The number of hydrogen-bond donors (Lipinski definition) is 1. The SMILES string of the molecule is COC(=O)c1c(C)[nH]c(C(=O)COc2ccc3c(C)cc(=O)oc3c2)c1C. The molecule has 3 aromatic rings. The summed E-state index contributed by atoms with van der Waals surface area (Å²) >= 11 is 0. The number of methoxy groups -OCH3 is 1. The molecule has 0 amide bonds. The van der Waals surface area contributed by atoms with E-state index in [0.717, 1.165) is 10.9 Å². The number of ketones is 1. The Morgan fingerprint density at radius 2 is 1.89 bits per heavy atom. The van der Waals surface area contributed by atoms with Crippen molar-refractivity contribution in [3.05, 3.63) is 62.8 Å². The average Bonchev–Trinajstić information content (AvgIpc) is 2.93. The molecule has 0 radical (unpaired) electrons. The Morgan fingerprint density at radius 1 is 1.15 bits per heavy atom. The molecule has 0 spiro atoms. The number of nitrogens with one attached hydrogen (secondary N) is 1. The highest BCUT2D eigenvalue weighted by atomic mass is 16.5. The van der Waals surface area contributed by atoms with Crippen LogP contribution in [0.5, 0.6) is 5.75 Å². The second kappa shape index (κ2) is 7.11. The van der Waals surface area contributed by atoms with Gasteiger partial charge in [-0.1, -0.05) is 0 Å². The number of hydrogen-bond acceptors (Lipinski definition) is 6. The van der Waals surface area contributed by atoms with E-state index in [0.29, 0.717) is 33.8 Å². The third-order valence-corrected chi connectivity index (χ3v) is 4.40. The molecule has 0 saturated heterocycles. The summed E-state index contributed by atoms with van der Waals surface area (Å²) in [4.78, 5) is 38.8. The number of esters is 1. The molecule has 0 unspecified atom stereocenters. The molecule has 7 nitrogen and oxygen atoms in total. The number of carbonyl (C=O) groups excluding carboxylic acids is 2. The predicted molar refractivity (Wildman–Crippen MR) is 98.7 cm³/mol. The lowest BCUT2D eigenvalue weighted by molar-refractivity contribution is 0.0599. The van der Waals surface area contributed by atoms with Gasteiger partial charge in [-0.3, -0.25) is 4.79 Å².